The molecule has 24 heavy (non-hydrogen) atoms. The highest BCUT2D eigenvalue weighted by Crippen LogP contribution is 2.43. The van der Waals surface area contributed by atoms with Gasteiger partial charge in [0, 0.05) is 12.0 Å². The third kappa shape index (κ3) is 3.11. The third-order valence-corrected chi connectivity index (χ3v) is 4.98. The summed E-state index contributed by atoms with van der Waals surface area (Å²) in [5.74, 6) is 1.64. The van der Waals surface area contributed by atoms with Gasteiger partial charge in [0.15, 0.2) is 12.6 Å². The molecule has 3 rings (SSSR count). The van der Waals surface area contributed by atoms with Crippen LogP contribution in [-0.2, 0) is 20.7 Å². The fraction of sp³-hybridized carbons (Fsp3) is 0.450. The second-order valence-electron chi connectivity index (χ2n) is 6.54. The normalized spacial score (nSPS) is 25.7. The quantitative estimate of drug-likeness (QED) is 0.747. The van der Waals surface area contributed by atoms with Gasteiger partial charge in [-0.25, -0.2) is 0 Å². The van der Waals surface area contributed by atoms with Crippen molar-refractivity contribution in [2.75, 3.05) is 13.9 Å². The number of ether oxygens (including phenoxy) is 3. The van der Waals surface area contributed by atoms with Crippen molar-refractivity contribution in [1.29, 1.82) is 0 Å². The zero-order chi connectivity index (χ0) is 17.2. The number of rotatable bonds is 6. The maximum absolute atomic E-state index is 12.2. The number of benzene rings is 1. The minimum atomic E-state index is -0.477. The lowest BCUT2D eigenvalue weighted by Crippen LogP contribution is -2.39. The summed E-state index contributed by atoms with van der Waals surface area (Å²) < 4.78 is 16.9. The number of ketones is 1. The first kappa shape index (κ1) is 16.8. The van der Waals surface area contributed by atoms with Gasteiger partial charge in [0.05, 0.1) is 7.11 Å². The molecule has 1 aliphatic carbocycles. The van der Waals surface area contributed by atoms with Gasteiger partial charge in [0.1, 0.15) is 17.1 Å². The number of allylic oxidation sites excluding steroid dienone is 2. The van der Waals surface area contributed by atoms with E-state index in [1.807, 2.05) is 13.0 Å². The van der Waals surface area contributed by atoms with Gasteiger partial charge in [-0.1, -0.05) is 18.2 Å². The van der Waals surface area contributed by atoms with Crippen molar-refractivity contribution >= 4 is 5.78 Å². The van der Waals surface area contributed by atoms with Crippen LogP contribution in [0.3, 0.4) is 0 Å². The van der Waals surface area contributed by atoms with Crippen LogP contribution in [0.5, 0.6) is 5.75 Å². The molecule has 1 aromatic rings. The minimum absolute atomic E-state index is 0.0643. The van der Waals surface area contributed by atoms with E-state index in [0.717, 1.165) is 24.2 Å². The molecule has 0 saturated carbocycles. The Morgan fingerprint density at radius 3 is 3.00 bits per heavy atom. The molecule has 4 heteroatoms. The summed E-state index contributed by atoms with van der Waals surface area (Å²) in [6, 6.07) is 6.22. The first-order valence-electron chi connectivity index (χ1n) is 8.35. The molecule has 0 aromatic heterocycles. The van der Waals surface area contributed by atoms with Crippen molar-refractivity contribution < 1.29 is 19.0 Å². The maximum Gasteiger partial charge on any atom is 0.189 e. The van der Waals surface area contributed by atoms with E-state index in [0.29, 0.717) is 18.6 Å². The maximum atomic E-state index is 12.2. The molecule has 4 nitrogen and oxygen atoms in total. The Labute approximate surface area is 143 Å². The van der Waals surface area contributed by atoms with Crippen molar-refractivity contribution in [2.45, 2.75) is 38.2 Å². The summed E-state index contributed by atoms with van der Waals surface area (Å²) in [6.45, 7) is 6.03. The van der Waals surface area contributed by atoms with Gasteiger partial charge in [-0.15, -0.1) is 6.58 Å². The Morgan fingerprint density at radius 2 is 2.29 bits per heavy atom. The van der Waals surface area contributed by atoms with Crippen LogP contribution in [0.2, 0.25) is 0 Å². The summed E-state index contributed by atoms with van der Waals surface area (Å²) in [6.07, 6.45) is 6.43. The highest BCUT2D eigenvalue weighted by Gasteiger charge is 2.47. The number of carbonyl (C=O) groups is 1. The zero-order valence-corrected chi connectivity index (χ0v) is 14.3. The molecule has 1 heterocycles. The molecule has 2 aliphatic rings. The first-order valence-corrected chi connectivity index (χ1v) is 8.35. The summed E-state index contributed by atoms with van der Waals surface area (Å²) >= 11 is 0. The van der Waals surface area contributed by atoms with Gasteiger partial charge >= 0.3 is 0 Å². The van der Waals surface area contributed by atoms with E-state index in [-0.39, 0.29) is 18.5 Å². The fourth-order valence-electron chi connectivity index (χ4n) is 3.63. The SMILES string of the molecule is C=CCC1CC2(CCc3ccc(OC)c(C)c3)OCOC2=CC1=O. The topological polar surface area (TPSA) is 44.8 Å². The van der Waals surface area contributed by atoms with Crippen LogP contribution in [0.25, 0.3) is 0 Å². The van der Waals surface area contributed by atoms with E-state index in [9.17, 15) is 4.79 Å². The highest BCUT2D eigenvalue weighted by molar-refractivity contribution is 5.93. The molecule has 2 atom stereocenters. The van der Waals surface area contributed by atoms with Gasteiger partial charge in [-0.05, 0) is 49.8 Å². The molecular weight excluding hydrogens is 304 g/mol. The van der Waals surface area contributed by atoms with Gasteiger partial charge in [0.25, 0.3) is 0 Å². The van der Waals surface area contributed by atoms with E-state index in [2.05, 4.69) is 18.7 Å². The molecule has 1 saturated heterocycles. The van der Waals surface area contributed by atoms with Crippen molar-refractivity contribution in [2.24, 2.45) is 5.92 Å². The lowest BCUT2D eigenvalue weighted by Gasteiger charge is -2.33. The first-order chi connectivity index (χ1) is 11.6. The Balaban J connectivity index is 1.77. The molecule has 0 radical (unpaired) electrons. The number of carbonyl (C=O) groups excluding carboxylic acids is 1. The highest BCUT2D eigenvalue weighted by atomic mass is 16.7. The third-order valence-electron chi connectivity index (χ3n) is 4.98. The molecular formula is C20H24O4. The number of aryl methyl sites for hydroxylation is 2. The van der Waals surface area contributed by atoms with E-state index < -0.39 is 5.60 Å². The van der Waals surface area contributed by atoms with Crippen LogP contribution in [0.1, 0.15) is 30.4 Å². The van der Waals surface area contributed by atoms with Crippen molar-refractivity contribution in [3.8, 4) is 5.75 Å². The van der Waals surface area contributed by atoms with E-state index in [1.54, 1.807) is 19.3 Å². The molecule has 1 fully saturated rings. The van der Waals surface area contributed by atoms with Crippen LogP contribution < -0.4 is 4.74 Å². The van der Waals surface area contributed by atoms with E-state index >= 15 is 0 Å². The summed E-state index contributed by atoms with van der Waals surface area (Å²) in [4.78, 5) is 12.2. The van der Waals surface area contributed by atoms with Gasteiger partial charge in [-0.2, -0.15) is 0 Å². The smallest absolute Gasteiger partial charge is 0.189 e. The predicted molar refractivity (Wildman–Crippen MR) is 91.8 cm³/mol. The van der Waals surface area contributed by atoms with Gasteiger partial charge < -0.3 is 14.2 Å². The standard InChI is InChI=1S/C20H24O4/c1-4-5-16-12-20(19(11-17(16)21)23-13-24-20)9-8-15-6-7-18(22-3)14(2)10-15/h4,6-7,10-11,16H,1,5,8-9,12-13H2,2-3H3. The molecule has 128 valence electrons. The second-order valence-corrected chi connectivity index (χ2v) is 6.54. The predicted octanol–water partition coefficient (Wildman–Crippen LogP) is 3.73. The number of hydrogen-bond acceptors (Lipinski definition) is 4. The van der Waals surface area contributed by atoms with Gasteiger partial charge in [-0.3, -0.25) is 4.79 Å². The molecule has 1 aromatic carbocycles. The summed E-state index contributed by atoms with van der Waals surface area (Å²) in [5.41, 5.74) is 1.87. The van der Waals surface area contributed by atoms with Crippen LogP contribution in [0, 0.1) is 12.8 Å². The summed E-state index contributed by atoms with van der Waals surface area (Å²) in [5, 5.41) is 0. The van der Waals surface area contributed by atoms with Gasteiger partial charge in [0.2, 0.25) is 0 Å². The second kappa shape index (κ2) is 6.81. The van der Waals surface area contributed by atoms with E-state index in [1.165, 1.54) is 5.56 Å². The Morgan fingerprint density at radius 1 is 1.46 bits per heavy atom. The molecule has 0 spiro atoms. The Bertz CT molecular complexity index is 676. The largest absolute Gasteiger partial charge is 0.496 e. The number of fused-ring (bicyclic) bond motifs is 1. The Kier molecular flexibility index (Phi) is 4.76. The molecule has 0 amide bonds. The zero-order valence-electron chi connectivity index (χ0n) is 14.3. The number of methoxy groups -OCH3 is 1. The average molecular weight is 328 g/mol. The molecule has 0 bridgehead atoms. The van der Waals surface area contributed by atoms with Crippen LogP contribution in [0.15, 0.2) is 42.7 Å². The fourth-order valence-corrected chi connectivity index (χ4v) is 3.63. The van der Waals surface area contributed by atoms with Crippen molar-refractivity contribution in [3.63, 3.8) is 0 Å². The lowest BCUT2D eigenvalue weighted by molar-refractivity contribution is -0.121. The molecule has 1 aliphatic heterocycles. The number of hydrogen-bond donors (Lipinski definition) is 0. The van der Waals surface area contributed by atoms with E-state index in [4.69, 9.17) is 14.2 Å². The molecule has 2 unspecified atom stereocenters. The lowest BCUT2D eigenvalue weighted by atomic mass is 9.76. The minimum Gasteiger partial charge on any atom is -0.496 e. The monoisotopic (exact) mass is 328 g/mol. The molecule has 0 N–H and O–H groups in total. The van der Waals surface area contributed by atoms with Crippen LogP contribution >= 0.6 is 0 Å². The Hall–Kier alpha value is -2.07. The van der Waals surface area contributed by atoms with Crippen molar-refractivity contribution in [3.05, 3.63) is 53.8 Å². The average Bonchev–Trinajstić information content (AvgIpc) is 2.96. The summed E-state index contributed by atoms with van der Waals surface area (Å²) in [7, 11) is 1.68. The van der Waals surface area contributed by atoms with Crippen LogP contribution in [0.4, 0.5) is 0 Å². The van der Waals surface area contributed by atoms with Crippen molar-refractivity contribution in [1.82, 2.24) is 0 Å². The van der Waals surface area contributed by atoms with Crippen LogP contribution in [-0.4, -0.2) is 25.3 Å².